The number of urea groups is 1. The number of primary amides is 1. The fourth-order valence-corrected chi connectivity index (χ4v) is 1.33. The quantitative estimate of drug-likeness (QED) is 0.543. The van der Waals surface area contributed by atoms with E-state index in [1.165, 1.54) is 6.20 Å². The standard InChI is InChI=1S/C10H15N5O4/c1-2-15-5-6(4-12-15)13-10(19)14-7(9(17)18)3-8(11)16/h4-5,7H,2-3H2,1H3,(H2,11,16)(H,17,18)(H2,13,14,19). The summed E-state index contributed by atoms with van der Waals surface area (Å²) in [5.74, 6) is -2.15. The Labute approximate surface area is 108 Å². The molecule has 0 saturated carbocycles. The first-order valence-corrected chi connectivity index (χ1v) is 5.53. The molecule has 0 aromatic carbocycles. The number of hydrogen-bond donors (Lipinski definition) is 4. The number of carboxylic acid groups (broad SMARTS) is 1. The van der Waals surface area contributed by atoms with Crippen LogP contribution in [0.15, 0.2) is 12.4 Å². The third-order valence-electron chi connectivity index (χ3n) is 2.22. The summed E-state index contributed by atoms with van der Waals surface area (Å²) < 4.78 is 1.59. The number of carbonyl (C=O) groups excluding carboxylic acids is 2. The summed E-state index contributed by atoms with van der Waals surface area (Å²) in [5, 5.41) is 17.3. The van der Waals surface area contributed by atoms with E-state index in [9.17, 15) is 14.4 Å². The van der Waals surface area contributed by atoms with E-state index in [0.717, 1.165) is 0 Å². The van der Waals surface area contributed by atoms with E-state index < -0.39 is 30.4 Å². The smallest absolute Gasteiger partial charge is 0.326 e. The minimum atomic E-state index is -1.36. The molecule has 0 radical (unpaired) electrons. The highest BCUT2D eigenvalue weighted by molar-refractivity contribution is 5.93. The molecule has 19 heavy (non-hydrogen) atoms. The van der Waals surface area contributed by atoms with Crippen LogP contribution >= 0.6 is 0 Å². The van der Waals surface area contributed by atoms with Gasteiger partial charge in [-0.15, -0.1) is 0 Å². The van der Waals surface area contributed by atoms with Gasteiger partial charge in [0, 0.05) is 12.7 Å². The minimum absolute atomic E-state index is 0.419. The number of nitrogens with zero attached hydrogens (tertiary/aromatic N) is 2. The highest BCUT2D eigenvalue weighted by Crippen LogP contribution is 2.04. The van der Waals surface area contributed by atoms with Crippen molar-refractivity contribution in [1.29, 1.82) is 0 Å². The molecular formula is C10H15N5O4. The van der Waals surface area contributed by atoms with Crippen LogP contribution in [0.4, 0.5) is 10.5 Å². The monoisotopic (exact) mass is 269 g/mol. The van der Waals surface area contributed by atoms with E-state index in [-0.39, 0.29) is 0 Å². The second kappa shape index (κ2) is 6.38. The van der Waals surface area contributed by atoms with Crippen LogP contribution in [0.1, 0.15) is 13.3 Å². The molecule has 1 aromatic heterocycles. The summed E-state index contributed by atoms with van der Waals surface area (Å²) in [6.07, 6.45) is 2.54. The number of rotatable bonds is 6. The first kappa shape index (κ1) is 14.5. The molecule has 9 nitrogen and oxygen atoms in total. The van der Waals surface area contributed by atoms with Crippen molar-refractivity contribution in [3.63, 3.8) is 0 Å². The number of nitrogens with one attached hydrogen (secondary N) is 2. The van der Waals surface area contributed by atoms with Gasteiger partial charge in [0.15, 0.2) is 0 Å². The lowest BCUT2D eigenvalue weighted by atomic mass is 10.2. The van der Waals surface area contributed by atoms with Gasteiger partial charge in [-0.3, -0.25) is 9.48 Å². The van der Waals surface area contributed by atoms with Crippen molar-refractivity contribution < 1.29 is 19.5 Å². The van der Waals surface area contributed by atoms with Gasteiger partial charge in [-0.25, -0.2) is 9.59 Å². The van der Waals surface area contributed by atoms with Gasteiger partial charge in [0.05, 0.1) is 18.3 Å². The van der Waals surface area contributed by atoms with Crippen molar-refractivity contribution in [2.24, 2.45) is 5.73 Å². The minimum Gasteiger partial charge on any atom is -0.480 e. The lowest BCUT2D eigenvalue weighted by Gasteiger charge is -2.12. The molecule has 5 N–H and O–H groups in total. The average molecular weight is 269 g/mol. The second-order valence-corrected chi connectivity index (χ2v) is 3.74. The van der Waals surface area contributed by atoms with Crippen molar-refractivity contribution in [3.8, 4) is 0 Å². The van der Waals surface area contributed by atoms with Crippen LogP contribution in [-0.2, 0) is 16.1 Å². The Morgan fingerprint density at radius 2 is 2.21 bits per heavy atom. The van der Waals surface area contributed by atoms with Crippen molar-refractivity contribution in [2.45, 2.75) is 25.9 Å². The molecule has 0 aliphatic carbocycles. The number of carboxylic acids is 1. The molecule has 0 bridgehead atoms. The predicted octanol–water partition coefficient (Wildman–Crippen LogP) is -0.647. The van der Waals surface area contributed by atoms with E-state index in [0.29, 0.717) is 12.2 Å². The van der Waals surface area contributed by atoms with Crippen LogP contribution in [0.3, 0.4) is 0 Å². The maximum atomic E-state index is 11.5. The number of amides is 3. The van der Waals surface area contributed by atoms with E-state index in [2.05, 4.69) is 15.7 Å². The maximum absolute atomic E-state index is 11.5. The number of aliphatic carboxylic acids is 1. The number of carbonyl (C=O) groups is 3. The summed E-state index contributed by atoms with van der Waals surface area (Å²) >= 11 is 0. The third kappa shape index (κ3) is 4.66. The first-order chi connectivity index (χ1) is 8.92. The normalized spacial score (nSPS) is 11.6. The van der Waals surface area contributed by atoms with Crippen molar-refractivity contribution in [3.05, 3.63) is 12.4 Å². The molecule has 1 atom stereocenters. The summed E-state index contributed by atoms with van der Waals surface area (Å²) in [6.45, 7) is 2.52. The highest BCUT2D eigenvalue weighted by Gasteiger charge is 2.22. The van der Waals surface area contributed by atoms with Gasteiger partial charge in [-0.2, -0.15) is 5.10 Å². The molecule has 0 fully saturated rings. The summed E-state index contributed by atoms with van der Waals surface area (Å²) in [4.78, 5) is 33.0. The number of aryl methyl sites for hydroxylation is 1. The Hall–Kier alpha value is -2.58. The Bertz CT molecular complexity index is 484. The molecule has 1 rings (SSSR count). The molecule has 0 saturated heterocycles. The van der Waals surface area contributed by atoms with Gasteiger partial charge in [0.2, 0.25) is 5.91 Å². The Balaban J connectivity index is 2.57. The van der Waals surface area contributed by atoms with Crippen molar-refractivity contribution in [2.75, 3.05) is 5.32 Å². The predicted molar refractivity (Wildman–Crippen MR) is 65.3 cm³/mol. The molecule has 9 heteroatoms. The van der Waals surface area contributed by atoms with Gasteiger partial charge in [-0.05, 0) is 6.92 Å². The molecular weight excluding hydrogens is 254 g/mol. The van der Waals surface area contributed by atoms with Gasteiger partial charge < -0.3 is 21.5 Å². The zero-order valence-electron chi connectivity index (χ0n) is 10.3. The SMILES string of the molecule is CCn1cc(NC(=O)NC(CC(N)=O)C(=O)O)cn1. The van der Waals surface area contributed by atoms with E-state index >= 15 is 0 Å². The fraction of sp³-hybridized carbons (Fsp3) is 0.400. The number of nitrogens with two attached hydrogens (primary N) is 1. The molecule has 1 unspecified atom stereocenters. The Kier molecular flexibility index (Phi) is 4.86. The zero-order chi connectivity index (χ0) is 14.4. The molecule has 0 aliphatic rings. The van der Waals surface area contributed by atoms with Gasteiger partial charge in [0.25, 0.3) is 0 Å². The molecule has 1 heterocycles. The molecule has 0 aliphatic heterocycles. The topological polar surface area (TPSA) is 139 Å². The molecule has 0 spiro atoms. The van der Waals surface area contributed by atoms with Crippen LogP contribution in [0.25, 0.3) is 0 Å². The highest BCUT2D eigenvalue weighted by atomic mass is 16.4. The molecule has 1 aromatic rings. The van der Waals surface area contributed by atoms with Crippen LogP contribution < -0.4 is 16.4 Å². The Morgan fingerprint density at radius 1 is 1.53 bits per heavy atom. The fourth-order valence-electron chi connectivity index (χ4n) is 1.33. The lowest BCUT2D eigenvalue weighted by molar-refractivity contribution is -0.140. The zero-order valence-corrected chi connectivity index (χ0v) is 10.3. The molecule has 104 valence electrons. The second-order valence-electron chi connectivity index (χ2n) is 3.74. The first-order valence-electron chi connectivity index (χ1n) is 5.53. The largest absolute Gasteiger partial charge is 0.480 e. The summed E-state index contributed by atoms with van der Waals surface area (Å²) in [5.41, 5.74) is 5.31. The maximum Gasteiger partial charge on any atom is 0.326 e. The van der Waals surface area contributed by atoms with Gasteiger partial charge >= 0.3 is 12.0 Å². The lowest BCUT2D eigenvalue weighted by Crippen LogP contribution is -2.45. The van der Waals surface area contributed by atoms with Crippen LogP contribution in [0.5, 0.6) is 0 Å². The molecule has 3 amide bonds. The van der Waals surface area contributed by atoms with Gasteiger partial charge in [0.1, 0.15) is 6.04 Å². The van der Waals surface area contributed by atoms with E-state index in [4.69, 9.17) is 10.8 Å². The van der Waals surface area contributed by atoms with Crippen LogP contribution in [0, 0.1) is 0 Å². The van der Waals surface area contributed by atoms with Crippen molar-refractivity contribution in [1.82, 2.24) is 15.1 Å². The average Bonchev–Trinajstić information content (AvgIpc) is 2.75. The van der Waals surface area contributed by atoms with Crippen LogP contribution in [-0.4, -0.2) is 38.8 Å². The van der Waals surface area contributed by atoms with Crippen molar-refractivity contribution >= 4 is 23.6 Å². The number of hydrogen-bond acceptors (Lipinski definition) is 4. The summed E-state index contributed by atoms with van der Waals surface area (Å²) in [6, 6.07) is -2.11. The van der Waals surface area contributed by atoms with E-state index in [1.54, 1.807) is 10.9 Å². The number of anilines is 1. The van der Waals surface area contributed by atoms with Crippen LogP contribution in [0.2, 0.25) is 0 Å². The third-order valence-corrected chi connectivity index (χ3v) is 2.22. The van der Waals surface area contributed by atoms with E-state index in [1.807, 2.05) is 6.92 Å². The summed E-state index contributed by atoms with van der Waals surface area (Å²) in [7, 11) is 0. The Morgan fingerprint density at radius 3 is 2.68 bits per heavy atom. The number of aromatic nitrogens is 2. The van der Waals surface area contributed by atoms with Gasteiger partial charge in [-0.1, -0.05) is 0 Å².